The van der Waals surface area contributed by atoms with Gasteiger partial charge in [-0.1, -0.05) is 151 Å². The largest absolute Gasteiger partial charge is 0.314 e. The Morgan fingerprint density at radius 3 is 1.58 bits per heavy atom. The number of para-hydroxylation sites is 2. The molecule has 0 bridgehead atoms. The van der Waals surface area contributed by atoms with Crippen molar-refractivity contribution in [2.75, 3.05) is 4.90 Å². The highest BCUT2D eigenvalue weighted by Crippen LogP contribution is 2.43. The maximum absolute atomic E-state index is 2.48. The van der Waals surface area contributed by atoms with Crippen molar-refractivity contribution in [1.29, 1.82) is 0 Å². The molecule has 3 nitrogen and oxygen atoms in total. The molecular weight excluding hydrogens is 667 g/mol. The smallest absolute Gasteiger partial charge is 0.0788 e. The van der Waals surface area contributed by atoms with Crippen LogP contribution in [0, 0.1) is 0 Å². The van der Waals surface area contributed by atoms with Gasteiger partial charge in [-0.3, -0.25) is 0 Å². The van der Waals surface area contributed by atoms with Crippen LogP contribution in [-0.2, 0) is 10.8 Å². The fraction of sp³-hybridized carbons (Fsp3) is 0.154. The van der Waals surface area contributed by atoms with Gasteiger partial charge in [-0.2, -0.15) is 0 Å². The maximum atomic E-state index is 2.48. The van der Waals surface area contributed by atoms with Crippen LogP contribution in [0.4, 0.5) is 17.1 Å². The van der Waals surface area contributed by atoms with Crippen LogP contribution in [0.15, 0.2) is 176 Å². The summed E-state index contributed by atoms with van der Waals surface area (Å²) in [6.07, 6.45) is 2.32. The molecule has 2 heterocycles. The monoisotopic (exact) mass is 713 g/mol. The van der Waals surface area contributed by atoms with Crippen molar-refractivity contribution >= 4 is 49.8 Å². The summed E-state index contributed by atoms with van der Waals surface area (Å²) in [4.78, 5) is 2.39. The maximum Gasteiger partial charge on any atom is 0.0788 e. The Balaban J connectivity index is 1.31. The second-order valence-electron chi connectivity index (χ2n) is 16.8. The van der Waals surface area contributed by atoms with Gasteiger partial charge in [-0.15, -0.1) is 0 Å². The number of rotatable bonds is 6. The Morgan fingerprint density at radius 1 is 0.418 bits per heavy atom. The molecule has 9 aromatic rings. The molecule has 0 aliphatic heterocycles. The van der Waals surface area contributed by atoms with E-state index in [1.54, 1.807) is 0 Å². The normalized spacial score (nSPS) is 12.2. The summed E-state index contributed by atoms with van der Waals surface area (Å²) in [6, 6.07) is 62.2. The summed E-state index contributed by atoms with van der Waals surface area (Å²) in [7, 11) is 0. The molecule has 0 N–H and O–H groups in total. The number of hydrogen-bond donors (Lipinski definition) is 0. The minimum Gasteiger partial charge on any atom is -0.314 e. The summed E-state index contributed by atoms with van der Waals surface area (Å²) < 4.78 is 4.87. The molecule has 7 aromatic carbocycles. The van der Waals surface area contributed by atoms with Gasteiger partial charge in [0.2, 0.25) is 0 Å². The Bertz CT molecular complexity index is 2730. The third kappa shape index (κ3) is 6.10. The van der Waals surface area contributed by atoms with Gasteiger partial charge in [0.25, 0.3) is 0 Å². The van der Waals surface area contributed by atoms with Gasteiger partial charge in [0.1, 0.15) is 0 Å². The molecule has 270 valence electrons. The first kappa shape index (κ1) is 34.4. The summed E-state index contributed by atoms with van der Waals surface area (Å²) >= 11 is 0. The average Bonchev–Trinajstić information content (AvgIpc) is 3.75. The first-order valence-electron chi connectivity index (χ1n) is 19.4. The fourth-order valence-electron chi connectivity index (χ4n) is 8.11. The topological polar surface area (TPSA) is 13.1 Å². The first-order valence-corrected chi connectivity index (χ1v) is 19.4. The standard InChI is InChI=1S/C52H47N3/c1-51(2,3)37-24-28-40(29-25-37)54(41-30-26-38(27-31-41)52(4,5)6)42-20-15-21-43(34-42)55-48-23-14-13-22-44(48)45-32-33-46-47(36-16-9-7-10-17-36)35-53(49(46)50(45)55)39-18-11-8-12-19-39/h7-35H,1-6H3. The molecule has 3 heteroatoms. The number of aromatic nitrogens is 2. The predicted octanol–water partition coefficient (Wildman–Crippen LogP) is 14.5. The fourth-order valence-corrected chi connectivity index (χ4v) is 8.11. The molecule has 0 saturated heterocycles. The number of anilines is 3. The summed E-state index contributed by atoms with van der Waals surface area (Å²) in [5.74, 6) is 0. The van der Waals surface area contributed by atoms with E-state index in [2.05, 4.69) is 232 Å². The molecule has 0 spiro atoms. The van der Waals surface area contributed by atoms with Crippen LogP contribution >= 0.6 is 0 Å². The Hall–Kier alpha value is -6.32. The van der Waals surface area contributed by atoms with Gasteiger partial charge in [-0.05, 0) is 88.2 Å². The van der Waals surface area contributed by atoms with E-state index in [0.717, 1.165) is 28.4 Å². The third-order valence-corrected chi connectivity index (χ3v) is 11.0. The zero-order valence-electron chi connectivity index (χ0n) is 32.6. The highest BCUT2D eigenvalue weighted by molar-refractivity contribution is 6.20. The Morgan fingerprint density at radius 2 is 0.964 bits per heavy atom. The van der Waals surface area contributed by atoms with E-state index in [4.69, 9.17) is 0 Å². The van der Waals surface area contributed by atoms with E-state index in [1.807, 2.05) is 0 Å². The number of benzene rings is 7. The molecule has 9 rings (SSSR count). The third-order valence-electron chi connectivity index (χ3n) is 11.0. The van der Waals surface area contributed by atoms with Crippen LogP contribution < -0.4 is 4.90 Å². The van der Waals surface area contributed by atoms with Crippen LogP contribution in [0.2, 0.25) is 0 Å². The van der Waals surface area contributed by atoms with Crippen molar-refractivity contribution in [3.8, 4) is 22.5 Å². The van der Waals surface area contributed by atoms with Crippen LogP contribution in [0.3, 0.4) is 0 Å². The van der Waals surface area contributed by atoms with Crippen molar-refractivity contribution < 1.29 is 0 Å². The van der Waals surface area contributed by atoms with E-state index >= 15 is 0 Å². The highest BCUT2D eigenvalue weighted by atomic mass is 15.1. The van der Waals surface area contributed by atoms with Crippen LogP contribution in [0.1, 0.15) is 52.7 Å². The first-order chi connectivity index (χ1) is 26.6. The molecule has 0 aliphatic rings. The van der Waals surface area contributed by atoms with E-state index in [-0.39, 0.29) is 10.8 Å². The zero-order chi connectivity index (χ0) is 37.9. The van der Waals surface area contributed by atoms with Gasteiger partial charge >= 0.3 is 0 Å². The average molecular weight is 714 g/mol. The van der Waals surface area contributed by atoms with Crippen LogP contribution in [0.25, 0.3) is 55.2 Å². The molecule has 0 atom stereocenters. The van der Waals surface area contributed by atoms with Gasteiger partial charge in [0, 0.05) is 56.4 Å². The van der Waals surface area contributed by atoms with Crippen molar-refractivity contribution in [1.82, 2.24) is 9.13 Å². The van der Waals surface area contributed by atoms with Crippen molar-refractivity contribution in [3.63, 3.8) is 0 Å². The second kappa shape index (κ2) is 13.2. The lowest BCUT2D eigenvalue weighted by molar-refractivity contribution is 0.590. The Kier molecular flexibility index (Phi) is 8.27. The quantitative estimate of drug-likeness (QED) is 0.167. The zero-order valence-corrected chi connectivity index (χ0v) is 32.6. The molecule has 55 heavy (non-hydrogen) atoms. The van der Waals surface area contributed by atoms with Crippen LogP contribution in [-0.4, -0.2) is 9.13 Å². The van der Waals surface area contributed by atoms with Crippen molar-refractivity contribution in [2.45, 2.75) is 52.4 Å². The van der Waals surface area contributed by atoms with E-state index in [1.165, 1.54) is 55.0 Å². The second-order valence-corrected chi connectivity index (χ2v) is 16.8. The molecule has 0 radical (unpaired) electrons. The molecule has 0 amide bonds. The molecule has 2 aromatic heterocycles. The van der Waals surface area contributed by atoms with Crippen molar-refractivity contribution in [3.05, 3.63) is 187 Å². The number of fused-ring (bicyclic) bond motifs is 5. The van der Waals surface area contributed by atoms with E-state index < -0.39 is 0 Å². The summed E-state index contributed by atoms with van der Waals surface area (Å²) in [5, 5.41) is 3.69. The Labute approximate surface area is 324 Å². The highest BCUT2D eigenvalue weighted by Gasteiger charge is 2.23. The van der Waals surface area contributed by atoms with E-state index in [9.17, 15) is 0 Å². The van der Waals surface area contributed by atoms with Crippen LogP contribution in [0.5, 0.6) is 0 Å². The summed E-state index contributed by atoms with van der Waals surface area (Å²) in [6.45, 7) is 13.6. The van der Waals surface area contributed by atoms with Gasteiger partial charge < -0.3 is 14.0 Å². The van der Waals surface area contributed by atoms with Gasteiger partial charge in [0.05, 0.1) is 16.6 Å². The van der Waals surface area contributed by atoms with Crippen molar-refractivity contribution in [2.24, 2.45) is 0 Å². The lowest BCUT2D eigenvalue weighted by atomic mass is 9.86. The minimum atomic E-state index is 0.0668. The summed E-state index contributed by atoms with van der Waals surface area (Å²) in [5.41, 5.74) is 14.4. The molecule has 0 saturated carbocycles. The van der Waals surface area contributed by atoms with E-state index in [0.29, 0.717) is 0 Å². The molecule has 0 fully saturated rings. The minimum absolute atomic E-state index is 0.0668. The predicted molar refractivity (Wildman–Crippen MR) is 235 cm³/mol. The lowest BCUT2D eigenvalue weighted by Crippen LogP contribution is -2.14. The number of nitrogens with zero attached hydrogens (tertiary/aromatic N) is 3. The number of hydrogen-bond acceptors (Lipinski definition) is 1. The van der Waals surface area contributed by atoms with Gasteiger partial charge in [-0.25, -0.2) is 0 Å². The molecule has 0 aliphatic carbocycles. The lowest BCUT2D eigenvalue weighted by Gasteiger charge is -2.28. The SMILES string of the molecule is CC(C)(C)c1ccc(N(c2ccc(C(C)(C)C)cc2)c2cccc(-n3c4ccccc4c4ccc5c(-c6ccccc6)cn(-c6ccccc6)c5c43)c2)cc1. The molecular formula is C52H47N3. The van der Waals surface area contributed by atoms with Gasteiger partial charge in [0.15, 0.2) is 0 Å². The molecule has 0 unspecified atom stereocenters.